The predicted octanol–water partition coefficient (Wildman–Crippen LogP) is 3.91. The lowest BCUT2D eigenvalue weighted by Gasteiger charge is -2.14. The van der Waals surface area contributed by atoms with Crippen molar-refractivity contribution in [1.82, 2.24) is 4.90 Å². The van der Waals surface area contributed by atoms with Crippen molar-refractivity contribution >= 4 is 6.41 Å². The van der Waals surface area contributed by atoms with E-state index >= 15 is 0 Å². The molecule has 0 aromatic rings. The summed E-state index contributed by atoms with van der Waals surface area (Å²) in [6.45, 7) is 6.10. The highest BCUT2D eigenvalue weighted by Crippen LogP contribution is 2.08. The first kappa shape index (κ1) is 15.5. The van der Waals surface area contributed by atoms with E-state index in [1.54, 1.807) is 4.90 Å². The summed E-state index contributed by atoms with van der Waals surface area (Å²) >= 11 is 0. The van der Waals surface area contributed by atoms with Crippen molar-refractivity contribution in [1.29, 1.82) is 0 Å². The van der Waals surface area contributed by atoms with Gasteiger partial charge in [-0.15, -0.1) is 0 Å². The average molecular weight is 226 g/mol. The monoisotopic (exact) mass is 226 g/mol. The topological polar surface area (TPSA) is 20.3 Å². The summed E-state index contributed by atoms with van der Waals surface area (Å²) < 4.78 is 0. The van der Waals surface area contributed by atoms with Crippen molar-refractivity contribution in [2.24, 2.45) is 0 Å². The summed E-state index contributed by atoms with van der Waals surface area (Å²) in [6.07, 6.45) is 13.6. The Hall–Kier alpha value is -0.530. The molecule has 0 heterocycles. The number of unbranched alkanes of at least 4 members (excludes halogenated alkanes) is 7. The van der Waals surface area contributed by atoms with Crippen molar-refractivity contribution in [3.05, 3.63) is 0 Å². The van der Waals surface area contributed by atoms with Gasteiger partial charge in [-0.05, 0) is 12.8 Å². The fraction of sp³-hybridized carbons (Fsp3) is 0.929. The second kappa shape index (κ2) is 12.5. The minimum Gasteiger partial charge on any atom is -0.334 e. The SMILES string of the molecule is CCCCCCCCCCN([C]=O)CCC. The van der Waals surface area contributed by atoms with Crippen molar-refractivity contribution in [2.45, 2.75) is 71.6 Å². The Bertz CT molecular complexity index is 148. The molecule has 0 spiro atoms. The molecule has 0 unspecified atom stereocenters. The predicted molar refractivity (Wildman–Crippen MR) is 70.2 cm³/mol. The van der Waals surface area contributed by atoms with Crippen LogP contribution in [0, 0.1) is 0 Å². The van der Waals surface area contributed by atoms with Gasteiger partial charge in [-0.1, -0.05) is 58.8 Å². The first-order valence-corrected chi connectivity index (χ1v) is 6.97. The third-order valence-corrected chi connectivity index (χ3v) is 2.90. The molecule has 2 nitrogen and oxygen atoms in total. The smallest absolute Gasteiger partial charge is 0.312 e. The Morgan fingerprint density at radius 3 is 1.81 bits per heavy atom. The Labute approximate surface area is 101 Å². The van der Waals surface area contributed by atoms with E-state index in [0.717, 1.165) is 25.9 Å². The molecule has 0 atom stereocenters. The van der Waals surface area contributed by atoms with Gasteiger partial charge in [0.25, 0.3) is 0 Å². The molecule has 1 radical (unpaired) electrons. The highest BCUT2D eigenvalue weighted by Gasteiger charge is 2.00. The minimum absolute atomic E-state index is 0.861. The van der Waals surface area contributed by atoms with Gasteiger partial charge in [-0.2, -0.15) is 0 Å². The lowest BCUT2D eigenvalue weighted by molar-refractivity contribution is 0.367. The molecule has 0 aliphatic carbocycles. The summed E-state index contributed by atoms with van der Waals surface area (Å²) in [4.78, 5) is 12.3. The standard InChI is InChI=1S/C14H28NO/c1-3-5-6-7-8-9-10-11-13-15(14-16)12-4-2/h3-13H2,1-2H3. The van der Waals surface area contributed by atoms with E-state index in [2.05, 4.69) is 13.8 Å². The van der Waals surface area contributed by atoms with E-state index in [1.165, 1.54) is 44.9 Å². The second-order valence-corrected chi connectivity index (χ2v) is 4.55. The fourth-order valence-corrected chi connectivity index (χ4v) is 1.91. The summed E-state index contributed by atoms with van der Waals surface area (Å²) in [5.41, 5.74) is 0. The van der Waals surface area contributed by atoms with Crippen molar-refractivity contribution in [3.8, 4) is 0 Å². The first-order chi connectivity index (χ1) is 7.85. The normalized spacial score (nSPS) is 10.4. The van der Waals surface area contributed by atoms with E-state index in [9.17, 15) is 4.79 Å². The van der Waals surface area contributed by atoms with Crippen molar-refractivity contribution in [2.75, 3.05) is 13.1 Å². The molecule has 2 heteroatoms. The van der Waals surface area contributed by atoms with Gasteiger partial charge in [0.05, 0.1) is 0 Å². The first-order valence-electron chi connectivity index (χ1n) is 6.97. The minimum atomic E-state index is 0.861. The summed E-state index contributed by atoms with van der Waals surface area (Å²) in [5.74, 6) is 0. The maximum atomic E-state index is 10.5. The number of hydrogen-bond donors (Lipinski definition) is 0. The average Bonchev–Trinajstić information content (AvgIpc) is 2.31. The molecule has 0 N–H and O–H groups in total. The van der Waals surface area contributed by atoms with Gasteiger partial charge in [0.15, 0.2) is 0 Å². The number of rotatable bonds is 12. The zero-order chi connectivity index (χ0) is 12.1. The van der Waals surface area contributed by atoms with E-state index in [1.807, 2.05) is 6.41 Å². The van der Waals surface area contributed by atoms with E-state index < -0.39 is 0 Å². The van der Waals surface area contributed by atoms with Crippen LogP contribution in [0.2, 0.25) is 0 Å². The van der Waals surface area contributed by atoms with Gasteiger partial charge in [-0.3, -0.25) is 4.79 Å². The van der Waals surface area contributed by atoms with E-state index in [4.69, 9.17) is 0 Å². The molecule has 0 rings (SSSR count). The molecule has 0 aromatic carbocycles. The lowest BCUT2D eigenvalue weighted by Crippen LogP contribution is -2.23. The molecule has 95 valence electrons. The molecule has 0 bridgehead atoms. The van der Waals surface area contributed by atoms with Crippen LogP contribution in [0.1, 0.15) is 71.6 Å². The maximum Gasteiger partial charge on any atom is 0.312 e. The molecular formula is C14H28NO. The van der Waals surface area contributed by atoms with Crippen LogP contribution in [-0.4, -0.2) is 24.4 Å². The lowest BCUT2D eigenvalue weighted by atomic mass is 10.1. The molecule has 0 saturated heterocycles. The van der Waals surface area contributed by atoms with Crippen LogP contribution in [0.5, 0.6) is 0 Å². The van der Waals surface area contributed by atoms with Crippen LogP contribution < -0.4 is 0 Å². The molecule has 1 amide bonds. The number of carbonyl (C=O) groups excluding carboxylic acids is 1. The van der Waals surface area contributed by atoms with Gasteiger partial charge >= 0.3 is 6.41 Å². The number of amides is 1. The molecule has 0 fully saturated rings. The third kappa shape index (κ3) is 10.0. The zero-order valence-corrected chi connectivity index (χ0v) is 11.1. The molecule has 0 aliphatic rings. The van der Waals surface area contributed by atoms with Crippen molar-refractivity contribution < 1.29 is 4.79 Å². The summed E-state index contributed by atoms with van der Waals surface area (Å²) in [7, 11) is 0. The highest BCUT2D eigenvalue weighted by molar-refractivity contribution is 5.47. The van der Waals surface area contributed by atoms with Gasteiger partial charge < -0.3 is 4.90 Å². The summed E-state index contributed by atoms with van der Waals surface area (Å²) in [5, 5.41) is 0. The highest BCUT2D eigenvalue weighted by atomic mass is 16.1. The molecule has 0 aromatic heterocycles. The third-order valence-electron chi connectivity index (χ3n) is 2.90. The van der Waals surface area contributed by atoms with Gasteiger partial charge in [-0.25, -0.2) is 0 Å². The number of hydrogen-bond acceptors (Lipinski definition) is 1. The zero-order valence-electron chi connectivity index (χ0n) is 11.1. The van der Waals surface area contributed by atoms with Crippen LogP contribution in [0.4, 0.5) is 0 Å². The fourth-order valence-electron chi connectivity index (χ4n) is 1.91. The van der Waals surface area contributed by atoms with Crippen LogP contribution in [0.25, 0.3) is 0 Å². The van der Waals surface area contributed by atoms with Crippen LogP contribution in [0.3, 0.4) is 0 Å². The van der Waals surface area contributed by atoms with E-state index in [-0.39, 0.29) is 0 Å². The second-order valence-electron chi connectivity index (χ2n) is 4.55. The summed E-state index contributed by atoms with van der Waals surface area (Å²) in [6, 6.07) is 0. The van der Waals surface area contributed by atoms with E-state index in [0.29, 0.717) is 0 Å². The number of nitrogens with zero attached hydrogens (tertiary/aromatic N) is 1. The Kier molecular flexibility index (Phi) is 12.1. The van der Waals surface area contributed by atoms with Crippen LogP contribution in [-0.2, 0) is 4.79 Å². The Morgan fingerprint density at radius 1 is 0.750 bits per heavy atom. The Morgan fingerprint density at radius 2 is 1.31 bits per heavy atom. The van der Waals surface area contributed by atoms with Crippen LogP contribution in [0.15, 0.2) is 0 Å². The quantitative estimate of drug-likeness (QED) is 0.365. The molecular weight excluding hydrogens is 198 g/mol. The largest absolute Gasteiger partial charge is 0.334 e. The molecule has 0 saturated carbocycles. The van der Waals surface area contributed by atoms with Gasteiger partial charge in [0, 0.05) is 13.1 Å². The van der Waals surface area contributed by atoms with Gasteiger partial charge in [0.2, 0.25) is 0 Å². The van der Waals surface area contributed by atoms with Gasteiger partial charge in [0.1, 0.15) is 0 Å². The van der Waals surface area contributed by atoms with Crippen molar-refractivity contribution in [3.63, 3.8) is 0 Å². The molecule has 16 heavy (non-hydrogen) atoms. The molecule has 0 aliphatic heterocycles. The Balaban J connectivity index is 3.15. The maximum absolute atomic E-state index is 10.5. The van der Waals surface area contributed by atoms with Crippen LogP contribution >= 0.6 is 0 Å².